The van der Waals surface area contributed by atoms with Crippen molar-refractivity contribution in [2.45, 2.75) is 6.54 Å². The minimum atomic E-state index is 0.730. The van der Waals surface area contributed by atoms with Crippen LogP contribution in [0, 0.1) is 0 Å². The van der Waals surface area contributed by atoms with E-state index in [0.29, 0.717) is 0 Å². The van der Waals surface area contributed by atoms with E-state index in [4.69, 9.17) is 9.47 Å². The molecule has 5 heteroatoms. The van der Waals surface area contributed by atoms with Crippen LogP contribution in [0.15, 0.2) is 45.3 Å². The second-order valence-electron chi connectivity index (χ2n) is 4.17. The van der Waals surface area contributed by atoms with Crippen LogP contribution in [0.5, 0.6) is 11.5 Å². The molecular weight excluding hydrogens is 386 g/mol. The summed E-state index contributed by atoms with van der Waals surface area (Å²) < 4.78 is 12.3. The first-order valence-corrected chi connectivity index (χ1v) is 7.62. The molecule has 0 aliphatic carbocycles. The molecule has 0 saturated carbocycles. The van der Waals surface area contributed by atoms with E-state index in [0.717, 1.165) is 38.2 Å². The Morgan fingerprint density at radius 2 is 1.55 bits per heavy atom. The summed E-state index contributed by atoms with van der Waals surface area (Å²) in [5.74, 6) is 1.66. The minimum absolute atomic E-state index is 0.730. The molecule has 0 aromatic heterocycles. The van der Waals surface area contributed by atoms with E-state index in [1.165, 1.54) is 0 Å². The molecular formula is C15H15Br2NO2. The first-order chi connectivity index (χ1) is 9.63. The molecule has 0 unspecified atom stereocenters. The highest BCUT2D eigenvalue weighted by atomic mass is 79.9. The zero-order valence-electron chi connectivity index (χ0n) is 11.2. The number of nitrogens with one attached hydrogen (secondary N) is 1. The summed E-state index contributed by atoms with van der Waals surface area (Å²) in [4.78, 5) is 0. The molecule has 0 atom stereocenters. The monoisotopic (exact) mass is 399 g/mol. The Labute approximate surface area is 135 Å². The van der Waals surface area contributed by atoms with Gasteiger partial charge in [-0.2, -0.15) is 0 Å². The zero-order valence-corrected chi connectivity index (χ0v) is 14.4. The van der Waals surface area contributed by atoms with Crippen molar-refractivity contribution in [3.63, 3.8) is 0 Å². The van der Waals surface area contributed by atoms with E-state index < -0.39 is 0 Å². The quantitative estimate of drug-likeness (QED) is 0.778. The Morgan fingerprint density at radius 1 is 0.950 bits per heavy atom. The Hall–Kier alpha value is -1.20. The summed E-state index contributed by atoms with van der Waals surface area (Å²) >= 11 is 7.01. The van der Waals surface area contributed by atoms with Gasteiger partial charge >= 0.3 is 0 Å². The van der Waals surface area contributed by atoms with Gasteiger partial charge in [-0.3, -0.25) is 0 Å². The zero-order chi connectivity index (χ0) is 14.5. The van der Waals surface area contributed by atoms with Crippen molar-refractivity contribution in [1.82, 2.24) is 0 Å². The lowest BCUT2D eigenvalue weighted by Gasteiger charge is -2.11. The number of halogens is 2. The fourth-order valence-corrected chi connectivity index (χ4v) is 3.43. The smallest absolute Gasteiger partial charge is 0.147 e. The van der Waals surface area contributed by atoms with E-state index in [1.54, 1.807) is 14.2 Å². The molecule has 2 aromatic rings. The van der Waals surface area contributed by atoms with Crippen molar-refractivity contribution in [3.05, 3.63) is 50.9 Å². The molecule has 2 rings (SSSR count). The van der Waals surface area contributed by atoms with Crippen LogP contribution in [0.1, 0.15) is 5.56 Å². The fraction of sp³-hybridized carbons (Fsp3) is 0.200. The second kappa shape index (κ2) is 6.99. The average Bonchev–Trinajstić information content (AvgIpc) is 2.45. The molecule has 1 N–H and O–H groups in total. The van der Waals surface area contributed by atoms with Gasteiger partial charge in [0.25, 0.3) is 0 Å². The van der Waals surface area contributed by atoms with Gasteiger partial charge in [-0.15, -0.1) is 0 Å². The van der Waals surface area contributed by atoms with Crippen molar-refractivity contribution in [1.29, 1.82) is 0 Å². The maximum absolute atomic E-state index is 5.29. The van der Waals surface area contributed by atoms with Gasteiger partial charge < -0.3 is 14.8 Å². The third-order valence-corrected chi connectivity index (χ3v) is 4.03. The predicted octanol–water partition coefficient (Wildman–Crippen LogP) is 4.84. The van der Waals surface area contributed by atoms with Crippen molar-refractivity contribution in [2.75, 3.05) is 19.5 Å². The van der Waals surface area contributed by atoms with Crippen molar-refractivity contribution in [2.24, 2.45) is 0 Å². The molecule has 0 bridgehead atoms. The third kappa shape index (κ3) is 3.67. The number of benzene rings is 2. The number of ether oxygens (including phenoxy) is 2. The lowest BCUT2D eigenvalue weighted by atomic mass is 10.2. The van der Waals surface area contributed by atoms with Crippen LogP contribution >= 0.6 is 31.9 Å². The van der Waals surface area contributed by atoms with Crippen LogP contribution in [0.4, 0.5) is 5.69 Å². The first kappa shape index (κ1) is 15.2. The molecule has 106 valence electrons. The Bertz CT molecular complexity index is 562. The van der Waals surface area contributed by atoms with Crippen molar-refractivity contribution >= 4 is 37.5 Å². The van der Waals surface area contributed by atoms with Crippen molar-refractivity contribution in [3.8, 4) is 11.5 Å². The Balaban J connectivity index is 2.06. The molecule has 3 nitrogen and oxygen atoms in total. The van der Waals surface area contributed by atoms with Crippen LogP contribution in [0.2, 0.25) is 0 Å². The van der Waals surface area contributed by atoms with Gasteiger partial charge in [-0.25, -0.2) is 0 Å². The lowest BCUT2D eigenvalue weighted by Crippen LogP contribution is -2.00. The van der Waals surface area contributed by atoms with E-state index in [-0.39, 0.29) is 0 Å². The van der Waals surface area contributed by atoms with Gasteiger partial charge in [0, 0.05) is 12.2 Å². The summed E-state index contributed by atoms with van der Waals surface area (Å²) in [7, 11) is 3.31. The highest BCUT2D eigenvalue weighted by Crippen LogP contribution is 2.34. The molecule has 0 spiro atoms. The van der Waals surface area contributed by atoms with Gasteiger partial charge in [0.1, 0.15) is 11.5 Å². The molecule has 0 saturated heterocycles. The largest absolute Gasteiger partial charge is 0.497 e. The number of anilines is 1. The molecule has 0 heterocycles. The van der Waals surface area contributed by atoms with Gasteiger partial charge in [0.15, 0.2) is 0 Å². The highest BCUT2D eigenvalue weighted by Gasteiger charge is 2.07. The summed E-state index contributed by atoms with van der Waals surface area (Å²) in [6.45, 7) is 0.730. The molecule has 0 radical (unpaired) electrons. The predicted molar refractivity (Wildman–Crippen MR) is 88.7 cm³/mol. The molecule has 2 aromatic carbocycles. The van der Waals surface area contributed by atoms with Crippen LogP contribution in [-0.2, 0) is 6.54 Å². The number of hydrogen-bond donors (Lipinski definition) is 1. The highest BCUT2D eigenvalue weighted by molar-refractivity contribution is 9.11. The maximum atomic E-state index is 5.29. The topological polar surface area (TPSA) is 30.5 Å². The average molecular weight is 401 g/mol. The third-order valence-electron chi connectivity index (χ3n) is 2.85. The van der Waals surface area contributed by atoms with Crippen molar-refractivity contribution < 1.29 is 9.47 Å². The minimum Gasteiger partial charge on any atom is -0.497 e. The number of methoxy groups -OCH3 is 2. The van der Waals surface area contributed by atoms with Gasteiger partial charge in [-0.1, -0.05) is 0 Å². The van der Waals surface area contributed by atoms with Crippen LogP contribution < -0.4 is 14.8 Å². The Kier molecular flexibility index (Phi) is 5.31. The van der Waals surface area contributed by atoms with Crippen LogP contribution in [-0.4, -0.2) is 14.2 Å². The summed E-state index contributed by atoms with van der Waals surface area (Å²) in [5, 5.41) is 3.37. The van der Waals surface area contributed by atoms with Crippen LogP contribution in [0.3, 0.4) is 0 Å². The molecule has 0 fully saturated rings. The van der Waals surface area contributed by atoms with E-state index >= 15 is 0 Å². The molecule has 0 amide bonds. The maximum Gasteiger partial charge on any atom is 0.147 e. The molecule has 0 aliphatic rings. The summed E-state index contributed by atoms with van der Waals surface area (Å²) in [5.41, 5.74) is 2.20. The normalized spacial score (nSPS) is 10.2. The summed E-state index contributed by atoms with van der Waals surface area (Å²) in [6, 6.07) is 11.9. The van der Waals surface area contributed by atoms with Gasteiger partial charge in [-0.05, 0) is 73.8 Å². The lowest BCUT2D eigenvalue weighted by molar-refractivity contribution is 0.409. The second-order valence-corrected chi connectivity index (χ2v) is 5.88. The van der Waals surface area contributed by atoms with Crippen LogP contribution in [0.25, 0.3) is 0 Å². The fourth-order valence-electron chi connectivity index (χ4n) is 1.82. The van der Waals surface area contributed by atoms with E-state index in [2.05, 4.69) is 37.2 Å². The first-order valence-electron chi connectivity index (χ1n) is 6.04. The Morgan fingerprint density at radius 3 is 2.05 bits per heavy atom. The number of rotatable bonds is 5. The van der Waals surface area contributed by atoms with E-state index in [1.807, 2.05) is 36.4 Å². The number of hydrogen-bond acceptors (Lipinski definition) is 3. The standard InChI is InChI=1S/C15H15Br2NO2/c1-19-12-5-3-11(4-6-12)18-9-10-7-13(16)15(20-2)14(17)8-10/h3-8,18H,9H2,1-2H3. The SMILES string of the molecule is COc1ccc(NCc2cc(Br)c(OC)c(Br)c2)cc1. The van der Waals surface area contributed by atoms with E-state index in [9.17, 15) is 0 Å². The summed E-state index contributed by atoms with van der Waals surface area (Å²) in [6.07, 6.45) is 0. The van der Waals surface area contributed by atoms with Gasteiger partial charge in [0.05, 0.1) is 23.2 Å². The van der Waals surface area contributed by atoms with Gasteiger partial charge in [0.2, 0.25) is 0 Å². The molecule has 20 heavy (non-hydrogen) atoms. The molecule has 0 aliphatic heterocycles.